The Balaban J connectivity index is 4.42. The van der Waals surface area contributed by atoms with Gasteiger partial charge in [0.2, 0.25) is 6.10 Å². The quantitative estimate of drug-likeness (QED) is 0.598. The molecule has 0 saturated carbocycles. The summed E-state index contributed by atoms with van der Waals surface area (Å²) in [5, 5.41) is 2.53. The fourth-order valence-electron chi connectivity index (χ4n) is 0.877. The summed E-state index contributed by atoms with van der Waals surface area (Å²) in [6.07, 6.45) is -14.7. The van der Waals surface area contributed by atoms with E-state index in [-0.39, 0.29) is 12.1 Å². The minimum absolute atomic E-state index is 0.0857. The molecule has 0 radical (unpaired) electrons. The molecule has 96 valence electrons. The van der Waals surface area contributed by atoms with Crippen LogP contribution in [0.5, 0.6) is 0 Å². The van der Waals surface area contributed by atoms with Crippen molar-refractivity contribution in [1.29, 1.82) is 0 Å². The Labute approximate surface area is 88.3 Å². The Morgan fingerprint density at radius 2 is 1.62 bits per heavy atom. The first-order valence-electron chi connectivity index (χ1n) is 4.15. The molecule has 0 aliphatic heterocycles. The maximum absolute atomic E-state index is 12.0. The summed E-state index contributed by atoms with van der Waals surface area (Å²) in [6, 6.07) is 0. The third-order valence-electron chi connectivity index (χ3n) is 1.48. The lowest BCUT2D eigenvalue weighted by atomic mass is 10.3. The maximum atomic E-state index is 12.0. The average molecular weight is 251 g/mol. The molecule has 16 heavy (non-hydrogen) atoms. The minimum atomic E-state index is -5.47. The molecule has 0 heterocycles. The Hall–Kier alpha value is -0.760. The van der Waals surface area contributed by atoms with E-state index < -0.39 is 25.1 Å². The van der Waals surface area contributed by atoms with Gasteiger partial charge in [0.1, 0.15) is 0 Å². The van der Waals surface area contributed by atoms with Gasteiger partial charge in [-0.15, -0.1) is 0 Å². The number of halogens is 6. The Morgan fingerprint density at radius 1 is 1.19 bits per heavy atom. The fourth-order valence-corrected chi connectivity index (χ4v) is 0.877. The number of ether oxygens (including phenoxy) is 1. The van der Waals surface area contributed by atoms with Gasteiger partial charge in [-0.1, -0.05) is 6.58 Å². The van der Waals surface area contributed by atoms with E-state index in [0.29, 0.717) is 0 Å². The van der Waals surface area contributed by atoms with E-state index >= 15 is 0 Å². The molecule has 0 bridgehead atoms. The first-order valence-corrected chi connectivity index (χ1v) is 4.15. The first-order chi connectivity index (χ1) is 7.09. The molecule has 0 aromatic heterocycles. The van der Waals surface area contributed by atoms with Crippen molar-refractivity contribution in [2.24, 2.45) is 0 Å². The maximum Gasteiger partial charge on any atom is 0.423 e. The van der Waals surface area contributed by atoms with Gasteiger partial charge < -0.3 is 10.1 Å². The summed E-state index contributed by atoms with van der Waals surface area (Å²) >= 11 is 0. The molecule has 0 aromatic rings. The molecule has 0 fully saturated rings. The predicted octanol–water partition coefficient (Wildman–Crippen LogP) is 2.27. The molecule has 0 amide bonds. The van der Waals surface area contributed by atoms with E-state index in [9.17, 15) is 26.3 Å². The van der Waals surface area contributed by atoms with E-state index in [1.165, 1.54) is 7.05 Å². The highest BCUT2D eigenvalue weighted by molar-refractivity contribution is 4.97. The fraction of sp³-hybridized carbons (Fsp3) is 0.750. The van der Waals surface area contributed by atoms with Crippen LogP contribution in [-0.4, -0.2) is 38.7 Å². The molecule has 0 spiro atoms. The molecule has 2 nitrogen and oxygen atoms in total. The van der Waals surface area contributed by atoms with Crippen LogP contribution in [-0.2, 0) is 4.74 Å². The van der Waals surface area contributed by atoms with Gasteiger partial charge in [0.05, 0.1) is 6.61 Å². The molecule has 0 unspecified atom stereocenters. The van der Waals surface area contributed by atoms with Crippen LogP contribution in [0.1, 0.15) is 0 Å². The van der Waals surface area contributed by atoms with Crippen LogP contribution in [0.15, 0.2) is 12.2 Å². The standard InChI is InChI=1S/C8H11F6NO/c1-5(3-15-2)4-16-6(7(9,10)11)8(12,13)14/h6,15H,1,3-4H2,2H3. The Morgan fingerprint density at radius 3 is 1.94 bits per heavy atom. The molecule has 0 aromatic carbocycles. The number of hydrogen-bond donors (Lipinski definition) is 1. The Bertz CT molecular complexity index is 220. The third kappa shape index (κ3) is 5.36. The SMILES string of the molecule is C=C(CNC)COC(C(F)(F)F)C(F)(F)F. The summed E-state index contributed by atoms with van der Waals surface area (Å²) < 4.78 is 75.6. The lowest BCUT2D eigenvalue weighted by Crippen LogP contribution is -2.44. The topological polar surface area (TPSA) is 21.3 Å². The van der Waals surface area contributed by atoms with Gasteiger partial charge in [-0.2, -0.15) is 26.3 Å². The van der Waals surface area contributed by atoms with Crippen LogP contribution in [0.25, 0.3) is 0 Å². The molecular weight excluding hydrogens is 240 g/mol. The van der Waals surface area contributed by atoms with Crippen molar-refractivity contribution < 1.29 is 31.1 Å². The van der Waals surface area contributed by atoms with Gasteiger partial charge >= 0.3 is 12.4 Å². The van der Waals surface area contributed by atoms with Gasteiger partial charge in [0.25, 0.3) is 0 Å². The van der Waals surface area contributed by atoms with E-state index in [2.05, 4.69) is 16.6 Å². The van der Waals surface area contributed by atoms with Gasteiger partial charge in [-0.05, 0) is 12.6 Å². The van der Waals surface area contributed by atoms with Gasteiger partial charge in [0.15, 0.2) is 0 Å². The van der Waals surface area contributed by atoms with Crippen molar-refractivity contribution >= 4 is 0 Å². The lowest BCUT2D eigenvalue weighted by Gasteiger charge is -2.23. The third-order valence-corrected chi connectivity index (χ3v) is 1.48. The normalized spacial score (nSPS) is 13.2. The number of nitrogens with one attached hydrogen (secondary N) is 1. The number of likely N-dealkylation sites (N-methyl/N-ethyl adjacent to an activating group) is 1. The molecule has 0 aliphatic carbocycles. The number of alkyl halides is 6. The minimum Gasteiger partial charge on any atom is -0.356 e. The highest BCUT2D eigenvalue weighted by Crippen LogP contribution is 2.35. The van der Waals surface area contributed by atoms with Gasteiger partial charge in [-0.3, -0.25) is 0 Å². The van der Waals surface area contributed by atoms with Crippen molar-refractivity contribution in [3.63, 3.8) is 0 Å². The van der Waals surface area contributed by atoms with Crippen LogP contribution < -0.4 is 5.32 Å². The molecule has 0 saturated heterocycles. The summed E-state index contributed by atoms with van der Waals surface area (Å²) in [7, 11) is 1.48. The zero-order valence-electron chi connectivity index (χ0n) is 8.37. The van der Waals surface area contributed by atoms with Gasteiger partial charge in [-0.25, -0.2) is 0 Å². The van der Waals surface area contributed by atoms with E-state index in [0.717, 1.165) is 0 Å². The van der Waals surface area contributed by atoms with E-state index in [1.54, 1.807) is 0 Å². The van der Waals surface area contributed by atoms with Crippen LogP contribution in [0, 0.1) is 0 Å². The second-order valence-electron chi connectivity index (χ2n) is 3.05. The number of hydrogen-bond acceptors (Lipinski definition) is 2. The Kier molecular flexibility index (Phi) is 5.27. The molecule has 0 rings (SSSR count). The molecular formula is C8H11F6NO. The second kappa shape index (κ2) is 5.53. The van der Waals surface area contributed by atoms with E-state index in [4.69, 9.17) is 0 Å². The van der Waals surface area contributed by atoms with Crippen molar-refractivity contribution in [2.45, 2.75) is 18.5 Å². The second-order valence-corrected chi connectivity index (χ2v) is 3.05. The van der Waals surface area contributed by atoms with E-state index in [1.807, 2.05) is 0 Å². The summed E-state index contributed by atoms with van der Waals surface area (Å²) in [5.41, 5.74) is 0.0981. The van der Waals surface area contributed by atoms with Crippen LogP contribution in [0.4, 0.5) is 26.3 Å². The summed E-state index contributed by atoms with van der Waals surface area (Å²) in [5.74, 6) is 0. The molecule has 0 aliphatic rings. The number of rotatable bonds is 5. The van der Waals surface area contributed by atoms with Crippen molar-refractivity contribution in [2.75, 3.05) is 20.2 Å². The summed E-state index contributed by atoms with van der Waals surface area (Å²) in [6.45, 7) is 2.54. The van der Waals surface area contributed by atoms with Crippen molar-refractivity contribution in [1.82, 2.24) is 5.32 Å². The molecule has 1 N–H and O–H groups in total. The zero-order chi connectivity index (χ0) is 13.0. The monoisotopic (exact) mass is 251 g/mol. The highest BCUT2D eigenvalue weighted by atomic mass is 19.4. The zero-order valence-corrected chi connectivity index (χ0v) is 8.37. The smallest absolute Gasteiger partial charge is 0.356 e. The summed E-state index contributed by atoms with van der Waals surface area (Å²) in [4.78, 5) is 0. The van der Waals surface area contributed by atoms with Gasteiger partial charge in [0, 0.05) is 6.54 Å². The van der Waals surface area contributed by atoms with Crippen molar-refractivity contribution in [3.8, 4) is 0 Å². The predicted molar refractivity (Wildman–Crippen MR) is 44.9 cm³/mol. The first kappa shape index (κ1) is 15.2. The largest absolute Gasteiger partial charge is 0.423 e. The average Bonchev–Trinajstić information content (AvgIpc) is 1.99. The molecule has 0 atom stereocenters. The van der Waals surface area contributed by atoms with Crippen LogP contribution in [0.2, 0.25) is 0 Å². The lowest BCUT2D eigenvalue weighted by molar-refractivity contribution is -0.319. The van der Waals surface area contributed by atoms with Crippen LogP contribution >= 0.6 is 0 Å². The highest BCUT2D eigenvalue weighted by Gasteiger charge is 2.57. The van der Waals surface area contributed by atoms with Crippen molar-refractivity contribution in [3.05, 3.63) is 12.2 Å². The molecule has 8 heteroatoms. The van der Waals surface area contributed by atoms with Crippen LogP contribution in [0.3, 0.4) is 0 Å².